The number of hydrogen-bond acceptors (Lipinski definition) is 4. The lowest BCUT2D eigenvalue weighted by molar-refractivity contribution is -0.154. The molecule has 1 heterocycles. The first kappa shape index (κ1) is 17.3. The number of esters is 1. The number of aromatic nitrogens is 1. The van der Waals surface area contributed by atoms with Crippen LogP contribution in [0.5, 0.6) is 5.75 Å². The molecule has 0 amide bonds. The second-order valence-electron chi connectivity index (χ2n) is 7.59. The highest BCUT2D eigenvalue weighted by Gasteiger charge is 2.39. The normalized spacial score (nSPS) is 25.5. The van der Waals surface area contributed by atoms with Crippen LogP contribution in [0.1, 0.15) is 44.9 Å². The van der Waals surface area contributed by atoms with Gasteiger partial charge in [0.1, 0.15) is 19.0 Å². The predicted molar refractivity (Wildman–Crippen MR) is 101 cm³/mol. The summed E-state index contributed by atoms with van der Waals surface area (Å²) in [7, 11) is 0. The van der Waals surface area contributed by atoms with Gasteiger partial charge in [0.05, 0.1) is 11.4 Å². The maximum Gasteiger partial charge on any atom is 0.309 e. The molecule has 0 aliphatic heterocycles. The summed E-state index contributed by atoms with van der Waals surface area (Å²) in [5, 5.41) is 0.985. The van der Waals surface area contributed by atoms with E-state index in [9.17, 15) is 4.79 Å². The summed E-state index contributed by atoms with van der Waals surface area (Å²) >= 11 is 0. The molecule has 3 unspecified atom stereocenters. The quantitative estimate of drug-likeness (QED) is 0.574. The number of fused-ring (bicyclic) bond motifs is 2. The van der Waals surface area contributed by atoms with Crippen molar-refractivity contribution in [1.29, 1.82) is 0 Å². The Morgan fingerprint density at radius 1 is 1.00 bits per heavy atom. The van der Waals surface area contributed by atoms with E-state index in [0.29, 0.717) is 19.1 Å². The standard InChI is InChI=1S/C22H27NO3/c24-22(18-10-5-7-16-6-1-2-8-17(16)18)26-15-14-25-21-12-13-23-20-11-4-3-9-19(20)21/h3-4,9,11-13,16-18H,1-2,5-8,10,14-15H2. The Morgan fingerprint density at radius 3 is 2.81 bits per heavy atom. The third-order valence-electron chi connectivity index (χ3n) is 6.07. The van der Waals surface area contributed by atoms with Gasteiger partial charge in [-0.3, -0.25) is 9.78 Å². The van der Waals surface area contributed by atoms with Crippen molar-refractivity contribution in [3.8, 4) is 5.75 Å². The lowest BCUT2D eigenvalue weighted by Gasteiger charge is -2.40. The van der Waals surface area contributed by atoms with Gasteiger partial charge in [-0.1, -0.05) is 44.2 Å². The number of pyridine rings is 1. The average molecular weight is 353 g/mol. The fourth-order valence-electron chi connectivity index (χ4n) is 4.83. The highest BCUT2D eigenvalue weighted by atomic mass is 16.6. The third-order valence-corrected chi connectivity index (χ3v) is 6.07. The van der Waals surface area contributed by atoms with E-state index in [0.717, 1.165) is 29.0 Å². The van der Waals surface area contributed by atoms with Crippen LogP contribution in [0.2, 0.25) is 0 Å². The average Bonchev–Trinajstić information content (AvgIpc) is 2.70. The summed E-state index contributed by atoms with van der Waals surface area (Å²) < 4.78 is 11.4. The smallest absolute Gasteiger partial charge is 0.309 e. The van der Waals surface area contributed by atoms with Crippen LogP contribution in [0.3, 0.4) is 0 Å². The molecule has 0 N–H and O–H groups in total. The van der Waals surface area contributed by atoms with Crippen LogP contribution in [0.4, 0.5) is 0 Å². The minimum absolute atomic E-state index is 0.00946. The second kappa shape index (κ2) is 8.07. The Bertz CT molecular complexity index is 753. The Hall–Kier alpha value is -2.10. The summed E-state index contributed by atoms with van der Waals surface area (Å²) in [5.41, 5.74) is 0.910. The molecule has 2 saturated carbocycles. The van der Waals surface area contributed by atoms with E-state index in [2.05, 4.69) is 4.98 Å². The largest absolute Gasteiger partial charge is 0.489 e. The van der Waals surface area contributed by atoms with Crippen molar-refractivity contribution in [3.05, 3.63) is 36.5 Å². The van der Waals surface area contributed by atoms with E-state index in [1.165, 1.54) is 38.5 Å². The van der Waals surface area contributed by atoms with E-state index in [1.54, 1.807) is 6.20 Å². The summed E-state index contributed by atoms with van der Waals surface area (Å²) in [6.45, 7) is 0.684. The Balaban J connectivity index is 1.29. The molecule has 2 fully saturated rings. The van der Waals surface area contributed by atoms with Crippen molar-refractivity contribution in [2.75, 3.05) is 13.2 Å². The molecule has 0 saturated heterocycles. The summed E-state index contributed by atoms with van der Waals surface area (Å²) in [6, 6.07) is 9.75. The van der Waals surface area contributed by atoms with Gasteiger partial charge in [0.2, 0.25) is 0 Å². The summed E-state index contributed by atoms with van der Waals surface area (Å²) in [6.07, 6.45) is 10.3. The number of nitrogens with zero attached hydrogens (tertiary/aromatic N) is 1. The van der Waals surface area contributed by atoms with Gasteiger partial charge < -0.3 is 9.47 Å². The predicted octanol–water partition coefficient (Wildman–Crippen LogP) is 4.76. The molecule has 2 aliphatic carbocycles. The molecule has 2 aliphatic rings. The minimum atomic E-state index is -0.00946. The van der Waals surface area contributed by atoms with E-state index in [1.807, 2.05) is 30.3 Å². The third kappa shape index (κ3) is 3.69. The first-order chi connectivity index (χ1) is 12.8. The maximum absolute atomic E-state index is 12.6. The van der Waals surface area contributed by atoms with E-state index < -0.39 is 0 Å². The second-order valence-corrected chi connectivity index (χ2v) is 7.59. The van der Waals surface area contributed by atoms with Gasteiger partial charge in [-0.15, -0.1) is 0 Å². The van der Waals surface area contributed by atoms with E-state index >= 15 is 0 Å². The van der Waals surface area contributed by atoms with Crippen molar-refractivity contribution in [2.24, 2.45) is 17.8 Å². The highest BCUT2D eigenvalue weighted by Crippen LogP contribution is 2.44. The van der Waals surface area contributed by atoms with Crippen molar-refractivity contribution in [2.45, 2.75) is 44.9 Å². The van der Waals surface area contributed by atoms with Gasteiger partial charge in [-0.25, -0.2) is 0 Å². The SMILES string of the molecule is O=C(OCCOc1ccnc2ccccc12)C1CCCC2CCCCC21. The monoisotopic (exact) mass is 353 g/mol. The molecule has 3 atom stereocenters. The molecule has 1 aromatic carbocycles. The number of benzene rings is 1. The molecule has 4 rings (SSSR count). The molecule has 2 aromatic rings. The fraction of sp³-hybridized carbons (Fsp3) is 0.545. The zero-order chi connectivity index (χ0) is 17.8. The number of carbonyl (C=O) groups is 1. The van der Waals surface area contributed by atoms with Crippen molar-refractivity contribution in [1.82, 2.24) is 4.98 Å². The van der Waals surface area contributed by atoms with Crippen LogP contribution in [-0.2, 0) is 9.53 Å². The van der Waals surface area contributed by atoms with Gasteiger partial charge in [0, 0.05) is 11.6 Å². The topological polar surface area (TPSA) is 48.4 Å². The first-order valence-electron chi connectivity index (χ1n) is 9.96. The number of ether oxygens (including phenoxy) is 2. The first-order valence-corrected chi connectivity index (χ1v) is 9.96. The zero-order valence-electron chi connectivity index (χ0n) is 15.2. The van der Waals surface area contributed by atoms with Gasteiger partial charge >= 0.3 is 5.97 Å². The fourth-order valence-corrected chi connectivity index (χ4v) is 4.83. The lowest BCUT2D eigenvalue weighted by atomic mass is 9.65. The number of carbonyl (C=O) groups excluding carboxylic acids is 1. The highest BCUT2D eigenvalue weighted by molar-refractivity contribution is 5.84. The van der Waals surface area contributed by atoms with Crippen molar-refractivity contribution < 1.29 is 14.3 Å². The number of rotatable bonds is 5. The minimum Gasteiger partial charge on any atom is -0.489 e. The Labute approximate surface area is 154 Å². The summed E-state index contributed by atoms with van der Waals surface area (Å²) in [4.78, 5) is 16.9. The molecule has 1 aromatic heterocycles. The zero-order valence-corrected chi connectivity index (χ0v) is 15.2. The Kier molecular flexibility index (Phi) is 5.37. The molecule has 0 spiro atoms. The molecular formula is C22H27NO3. The molecule has 0 bridgehead atoms. The molecule has 4 nitrogen and oxygen atoms in total. The van der Waals surface area contributed by atoms with Gasteiger partial charge in [-0.2, -0.15) is 0 Å². The van der Waals surface area contributed by atoms with Crippen molar-refractivity contribution in [3.63, 3.8) is 0 Å². The maximum atomic E-state index is 12.6. The number of hydrogen-bond donors (Lipinski definition) is 0. The molecular weight excluding hydrogens is 326 g/mol. The van der Waals surface area contributed by atoms with Crippen molar-refractivity contribution >= 4 is 16.9 Å². The number of para-hydroxylation sites is 1. The molecule has 0 radical (unpaired) electrons. The van der Waals surface area contributed by atoms with Crippen LogP contribution in [0.25, 0.3) is 10.9 Å². The van der Waals surface area contributed by atoms with E-state index in [4.69, 9.17) is 9.47 Å². The van der Waals surface area contributed by atoms with Gasteiger partial charge in [0.15, 0.2) is 0 Å². The lowest BCUT2D eigenvalue weighted by Crippen LogP contribution is -2.36. The molecule has 138 valence electrons. The molecule has 4 heteroatoms. The van der Waals surface area contributed by atoms with Crippen LogP contribution < -0.4 is 4.74 Å². The van der Waals surface area contributed by atoms with Gasteiger partial charge in [0.25, 0.3) is 0 Å². The molecule has 26 heavy (non-hydrogen) atoms. The van der Waals surface area contributed by atoms with Crippen LogP contribution in [0.15, 0.2) is 36.5 Å². The summed E-state index contributed by atoms with van der Waals surface area (Å²) in [5.74, 6) is 2.18. The Morgan fingerprint density at radius 2 is 1.85 bits per heavy atom. The van der Waals surface area contributed by atoms with Crippen LogP contribution >= 0.6 is 0 Å². The van der Waals surface area contributed by atoms with E-state index in [-0.39, 0.29) is 11.9 Å². The van der Waals surface area contributed by atoms with Crippen LogP contribution in [-0.4, -0.2) is 24.2 Å². The van der Waals surface area contributed by atoms with Gasteiger partial charge in [-0.05, 0) is 42.9 Å². The van der Waals surface area contributed by atoms with Crippen LogP contribution in [0, 0.1) is 17.8 Å².